The molecule has 0 saturated carbocycles. The van der Waals surface area contributed by atoms with Crippen LogP contribution >= 0.6 is 0 Å². The van der Waals surface area contributed by atoms with Gasteiger partial charge in [-0.15, -0.1) is 0 Å². The van der Waals surface area contributed by atoms with E-state index < -0.39 is 0 Å². The van der Waals surface area contributed by atoms with Gasteiger partial charge in [0.15, 0.2) is 0 Å². The van der Waals surface area contributed by atoms with Crippen LogP contribution in [-0.2, 0) is 0 Å². The molecule has 232 valence electrons. The summed E-state index contributed by atoms with van der Waals surface area (Å²) in [5.41, 5.74) is 10.7. The molecule has 7 aromatic carbocycles. The van der Waals surface area contributed by atoms with Gasteiger partial charge in [-0.25, -0.2) is 0 Å². The third-order valence-electron chi connectivity index (χ3n) is 9.42. The summed E-state index contributed by atoms with van der Waals surface area (Å²) < 4.78 is 7.22. The summed E-state index contributed by atoms with van der Waals surface area (Å²) in [4.78, 5) is 0. The van der Waals surface area contributed by atoms with Crippen LogP contribution in [0.1, 0.15) is 21.3 Å². The maximum absolute atomic E-state index is 2.41. The van der Waals surface area contributed by atoms with Crippen molar-refractivity contribution >= 4 is 65.4 Å². The molecule has 10 rings (SSSR count). The maximum Gasteiger partial charge on any atom is 0.0542 e. The molecule has 0 amide bonds. The van der Waals surface area contributed by atoms with E-state index in [0.29, 0.717) is 0 Å². The highest BCUT2D eigenvalue weighted by Crippen LogP contribution is 2.39. The molecular formula is C45H37N3. The zero-order chi connectivity index (χ0) is 31.5. The average molecular weight is 620 g/mol. The normalized spacial score (nSPS) is 11.4. The van der Waals surface area contributed by atoms with Crippen LogP contribution in [-0.4, -0.2) is 13.7 Å². The van der Waals surface area contributed by atoms with Crippen LogP contribution in [0.15, 0.2) is 164 Å². The molecule has 3 heterocycles. The van der Waals surface area contributed by atoms with E-state index >= 15 is 0 Å². The van der Waals surface area contributed by atoms with E-state index in [4.69, 9.17) is 0 Å². The Bertz CT molecular complexity index is 2480. The van der Waals surface area contributed by atoms with E-state index in [-0.39, 0.29) is 7.43 Å². The van der Waals surface area contributed by atoms with Gasteiger partial charge in [0.25, 0.3) is 0 Å². The smallest absolute Gasteiger partial charge is 0.0542 e. The number of hydrogen-bond acceptors (Lipinski definition) is 0. The minimum absolute atomic E-state index is 0. The van der Waals surface area contributed by atoms with Crippen LogP contribution in [0.4, 0.5) is 0 Å². The number of para-hydroxylation sites is 5. The zero-order valence-corrected chi connectivity index (χ0v) is 26.4. The molecule has 0 aliphatic rings. The van der Waals surface area contributed by atoms with Crippen LogP contribution in [0.25, 0.3) is 82.5 Å². The third-order valence-corrected chi connectivity index (χ3v) is 9.42. The Labute approximate surface area is 280 Å². The van der Waals surface area contributed by atoms with Crippen LogP contribution in [0.3, 0.4) is 0 Å². The molecule has 0 atom stereocenters. The Morgan fingerprint density at radius 1 is 0.271 bits per heavy atom. The molecule has 0 spiro atoms. The molecule has 0 radical (unpaired) electrons. The Hall–Kier alpha value is -6.06. The van der Waals surface area contributed by atoms with Gasteiger partial charge in [0.2, 0.25) is 0 Å². The van der Waals surface area contributed by atoms with Gasteiger partial charge in [-0.3, -0.25) is 0 Å². The molecule has 0 N–H and O–H groups in total. The quantitative estimate of drug-likeness (QED) is 0.187. The molecule has 10 aromatic rings. The minimum Gasteiger partial charge on any atom is -0.309 e. The van der Waals surface area contributed by atoms with Gasteiger partial charge in [0.05, 0.1) is 33.1 Å². The minimum atomic E-state index is 0. The first-order chi connectivity index (χ1) is 23.3. The van der Waals surface area contributed by atoms with Crippen molar-refractivity contribution in [1.29, 1.82) is 0 Å². The van der Waals surface area contributed by atoms with E-state index in [0.717, 1.165) is 17.1 Å². The Balaban J connectivity index is 0.00000110. The van der Waals surface area contributed by atoms with Crippen LogP contribution in [0.5, 0.6) is 0 Å². The molecule has 3 heteroatoms. The standard InChI is InChI=1S/C42H27N3.C2H6.CH4/c1-2-12-28(13-3-1)43-41-24-22-29(44-37-18-8-4-14-31(37)32-15-5-9-19-38(32)44)26-35(41)36-27-30(23-25-42(36)43)45-39-20-10-6-16-33(39)34-17-7-11-21-40(34)45;1-2;/h1-27H;1-2H3;1H4. The van der Waals surface area contributed by atoms with Crippen molar-refractivity contribution in [1.82, 2.24) is 13.7 Å². The summed E-state index contributed by atoms with van der Waals surface area (Å²) in [6.45, 7) is 4.00. The predicted molar refractivity (Wildman–Crippen MR) is 208 cm³/mol. The number of aromatic nitrogens is 3. The second kappa shape index (κ2) is 11.6. The highest BCUT2D eigenvalue weighted by Gasteiger charge is 2.18. The zero-order valence-electron chi connectivity index (χ0n) is 26.4. The Kier molecular flexibility index (Phi) is 7.11. The lowest BCUT2D eigenvalue weighted by Gasteiger charge is -2.10. The van der Waals surface area contributed by atoms with Crippen molar-refractivity contribution < 1.29 is 0 Å². The fourth-order valence-corrected chi connectivity index (χ4v) is 7.53. The van der Waals surface area contributed by atoms with Gasteiger partial charge < -0.3 is 13.7 Å². The Morgan fingerprint density at radius 3 is 0.938 bits per heavy atom. The topological polar surface area (TPSA) is 14.8 Å². The molecule has 0 unspecified atom stereocenters. The summed E-state index contributed by atoms with van der Waals surface area (Å²) >= 11 is 0. The lowest BCUT2D eigenvalue weighted by molar-refractivity contribution is 1.16. The van der Waals surface area contributed by atoms with Crippen molar-refractivity contribution in [2.75, 3.05) is 0 Å². The molecule has 0 bridgehead atoms. The maximum atomic E-state index is 2.41. The van der Waals surface area contributed by atoms with Crippen molar-refractivity contribution in [3.8, 4) is 17.1 Å². The van der Waals surface area contributed by atoms with E-state index in [1.807, 2.05) is 13.8 Å². The molecule has 48 heavy (non-hydrogen) atoms. The Morgan fingerprint density at radius 2 is 0.562 bits per heavy atom. The first-order valence-electron chi connectivity index (χ1n) is 16.5. The predicted octanol–water partition coefficient (Wildman–Crippen LogP) is 12.6. The van der Waals surface area contributed by atoms with Crippen LogP contribution in [0.2, 0.25) is 0 Å². The third kappa shape index (κ3) is 4.21. The van der Waals surface area contributed by atoms with Crippen molar-refractivity contribution in [2.24, 2.45) is 0 Å². The molecule has 0 aliphatic carbocycles. The molecule has 3 aromatic heterocycles. The van der Waals surface area contributed by atoms with E-state index in [2.05, 4.69) is 177 Å². The van der Waals surface area contributed by atoms with Crippen molar-refractivity contribution in [3.63, 3.8) is 0 Å². The largest absolute Gasteiger partial charge is 0.309 e. The number of hydrogen-bond donors (Lipinski definition) is 0. The number of benzene rings is 7. The summed E-state index contributed by atoms with van der Waals surface area (Å²) in [5.74, 6) is 0. The number of rotatable bonds is 3. The first kappa shape index (κ1) is 29.3. The lowest BCUT2D eigenvalue weighted by atomic mass is 10.1. The average Bonchev–Trinajstić information content (AvgIpc) is 3.78. The fraction of sp³-hybridized carbons (Fsp3) is 0.0667. The molecule has 0 saturated heterocycles. The van der Waals surface area contributed by atoms with Gasteiger partial charge in [-0.05, 0) is 72.8 Å². The summed E-state index contributed by atoms with van der Waals surface area (Å²) in [6.07, 6.45) is 0. The summed E-state index contributed by atoms with van der Waals surface area (Å²) in [5, 5.41) is 7.55. The second-order valence-electron chi connectivity index (χ2n) is 11.8. The first-order valence-corrected chi connectivity index (χ1v) is 16.5. The highest BCUT2D eigenvalue weighted by molar-refractivity contribution is 6.14. The number of fused-ring (bicyclic) bond motifs is 9. The van der Waals surface area contributed by atoms with Gasteiger partial charge >= 0.3 is 0 Å². The van der Waals surface area contributed by atoms with E-state index in [1.54, 1.807) is 0 Å². The lowest BCUT2D eigenvalue weighted by Crippen LogP contribution is -1.96. The van der Waals surface area contributed by atoms with Gasteiger partial charge in [0, 0.05) is 49.4 Å². The summed E-state index contributed by atoms with van der Waals surface area (Å²) in [7, 11) is 0. The van der Waals surface area contributed by atoms with Gasteiger partial charge in [-0.1, -0.05) is 112 Å². The summed E-state index contributed by atoms with van der Waals surface area (Å²) in [6, 6.07) is 59.5. The molecule has 0 fully saturated rings. The van der Waals surface area contributed by atoms with E-state index in [9.17, 15) is 0 Å². The van der Waals surface area contributed by atoms with Crippen LogP contribution in [0, 0.1) is 0 Å². The SMILES string of the molecule is C.CC.c1ccc(-n2c3ccc(-n4c5ccccc5c5ccccc54)cc3c3cc(-n4c5ccccc5c5ccccc54)ccc32)cc1. The van der Waals surface area contributed by atoms with Gasteiger partial charge in [-0.2, -0.15) is 0 Å². The van der Waals surface area contributed by atoms with Crippen LogP contribution < -0.4 is 0 Å². The van der Waals surface area contributed by atoms with Crippen molar-refractivity contribution in [2.45, 2.75) is 21.3 Å². The number of nitrogens with zero attached hydrogens (tertiary/aromatic N) is 3. The van der Waals surface area contributed by atoms with Crippen molar-refractivity contribution in [3.05, 3.63) is 164 Å². The molecule has 3 nitrogen and oxygen atoms in total. The van der Waals surface area contributed by atoms with E-state index in [1.165, 1.54) is 65.4 Å². The highest BCUT2D eigenvalue weighted by atomic mass is 15.0. The second-order valence-corrected chi connectivity index (χ2v) is 11.8. The molecular weight excluding hydrogens is 583 g/mol. The van der Waals surface area contributed by atoms with Gasteiger partial charge in [0.1, 0.15) is 0 Å². The molecule has 0 aliphatic heterocycles. The monoisotopic (exact) mass is 619 g/mol. The fourth-order valence-electron chi connectivity index (χ4n) is 7.53.